The number of thiazole rings is 1. The number of hydrogen-bond donors (Lipinski definition) is 4. The van der Waals surface area contributed by atoms with E-state index in [1.165, 1.54) is 11.3 Å². The van der Waals surface area contributed by atoms with Gasteiger partial charge in [0.05, 0.1) is 5.69 Å². The molecule has 0 radical (unpaired) electrons. The van der Waals surface area contributed by atoms with Gasteiger partial charge in [-0.1, -0.05) is 11.6 Å². The van der Waals surface area contributed by atoms with Gasteiger partial charge in [-0.15, -0.1) is 23.7 Å². The SMILES string of the molecule is CC(C)N1CCc2nc(C(=O)N[C@@H]3CC(CO)CC3NC(=O)c3cc4cc(Cl)ccc4[nH]3)sc2C1.Cl. The highest BCUT2D eigenvalue weighted by Crippen LogP contribution is 2.29. The van der Waals surface area contributed by atoms with E-state index in [1.807, 2.05) is 6.07 Å². The first-order valence-corrected chi connectivity index (χ1v) is 13.2. The number of aromatic amines is 1. The van der Waals surface area contributed by atoms with Crippen LogP contribution in [0.25, 0.3) is 10.9 Å². The van der Waals surface area contributed by atoms with E-state index in [2.05, 4.69) is 39.3 Å². The molecule has 2 aromatic heterocycles. The van der Waals surface area contributed by atoms with Crippen LogP contribution in [0.5, 0.6) is 0 Å². The number of H-pyrrole nitrogens is 1. The zero-order valence-electron chi connectivity index (χ0n) is 20.2. The number of aliphatic hydroxyl groups is 1. The van der Waals surface area contributed by atoms with Crippen LogP contribution >= 0.6 is 35.3 Å². The second-order valence-corrected chi connectivity index (χ2v) is 11.3. The van der Waals surface area contributed by atoms with Crippen LogP contribution in [-0.4, -0.2) is 63.1 Å². The summed E-state index contributed by atoms with van der Waals surface area (Å²) in [6.07, 6.45) is 2.04. The fourth-order valence-electron chi connectivity index (χ4n) is 5.07. The number of benzene rings is 1. The van der Waals surface area contributed by atoms with E-state index >= 15 is 0 Å². The molecule has 1 aliphatic carbocycles. The molecule has 1 fully saturated rings. The molecule has 3 heterocycles. The Labute approximate surface area is 225 Å². The maximum absolute atomic E-state index is 13.1. The average Bonchev–Trinajstić information content (AvgIpc) is 3.54. The number of amides is 2. The maximum Gasteiger partial charge on any atom is 0.280 e. The lowest BCUT2D eigenvalue weighted by molar-refractivity contribution is 0.0889. The molecule has 1 aliphatic heterocycles. The molecule has 2 unspecified atom stereocenters. The van der Waals surface area contributed by atoms with Crippen molar-refractivity contribution in [1.82, 2.24) is 25.5 Å². The molecule has 8 nitrogen and oxygen atoms in total. The summed E-state index contributed by atoms with van der Waals surface area (Å²) in [6, 6.07) is 7.06. The van der Waals surface area contributed by atoms with Crippen molar-refractivity contribution in [3.05, 3.63) is 50.6 Å². The lowest BCUT2D eigenvalue weighted by atomic mass is 10.1. The third-order valence-electron chi connectivity index (χ3n) is 7.06. The predicted octanol–water partition coefficient (Wildman–Crippen LogP) is 3.77. The molecule has 1 saturated carbocycles. The molecule has 0 saturated heterocycles. The van der Waals surface area contributed by atoms with Gasteiger partial charge >= 0.3 is 0 Å². The molecule has 11 heteroatoms. The number of nitrogens with zero attached hydrogens (tertiary/aromatic N) is 2. The Bertz CT molecular complexity index is 1260. The number of rotatable bonds is 6. The highest BCUT2D eigenvalue weighted by molar-refractivity contribution is 7.13. The van der Waals surface area contributed by atoms with Crippen molar-refractivity contribution < 1.29 is 14.7 Å². The zero-order valence-corrected chi connectivity index (χ0v) is 22.6. The minimum absolute atomic E-state index is 0. The average molecular weight is 553 g/mol. The summed E-state index contributed by atoms with van der Waals surface area (Å²) < 4.78 is 0. The van der Waals surface area contributed by atoms with E-state index in [9.17, 15) is 14.7 Å². The predicted molar refractivity (Wildman–Crippen MR) is 144 cm³/mol. The molecule has 36 heavy (non-hydrogen) atoms. The summed E-state index contributed by atoms with van der Waals surface area (Å²) in [6.45, 7) is 6.14. The standard InChI is InChI=1S/C25H30ClN5O3S.ClH/c1-13(2)31-6-5-18-22(11-31)35-25(30-18)24(34)29-20-8-14(12-32)7-19(20)28-23(33)21-10-15-9-16(26)3-4-17(15)27-21;/h3-4,9-10,13-14,19-20,27,32H,5-8,11-12H2,1-2H3,(H,28,33)(H,29,34);1H/t14?,19?,20-;/m1./s1. The number of halogens is 2. The molecule has 2 aliphatic rings. The number of aliphatic hydroxyl groups excluding tert-OH is 1. The summed E-state index contributed by atoms with van der Waals surface area (Å²) in [5, 5.41) is 17.8. The topological polar surface area (TPSA) is 110 Å². The van der Waals surface area contributed by atoms with Gasteiger partial charge in [-0.3, -0.25) is 14.5 Å². The van der Waals surface area contributed by atoms with Gasteiger partial charge in [0.15, 0.2) is 5.01 Å². The van der Waals surface area contributed by atoms with Crippen LogP contribution in [-0.2, 0) is 13.0 Å². The van der Waals surface area contributed by atoms with Gasteiger partial charge in [-0.05, 0) is 56.9 Å². The molecule has 5 rings (SSSR count). The number of fused-ring (bicyclic) bond motifs is 2. The minimum atomic E-state index is -0.287. The fourth-order valence-corrected chi connectivity index (χ4v) is 6.28. The molecule has 1 aromatic carbocycles. The van der Waals surface area contributed by atoms with E-state index in [0.29, 0.717) is 34.6 Å². The zero-order chi connectivity index (χ0) is 24.7. The van der Waals surface area contributed by atoms with Crippen LogP contribution < -0.4 is 10.6 Å². The van der Waals surface area contributed by atoms with Crippen molar-refractivity contribution in [2.75, 3.05) is 13.2 Å². The molecule has 3 atom stereocenters. The number of nitrogens with one attached hydrogen (secondary N) is 3. The molecule has 0 spiro atoms. The normalized spacial score (nSPS) is 21.9. The van der Waals surface area contributed by atoms with Crippen molar-refractivity contribution in [2.45, 2.75) is 57.8 Å². The molecular weight excluding hydrogens is 521 g/mol. The van der Waals surface area contributed by atoms with Crippen LogP contribution in [0.15, 0.2) is 24.3 Å². The number of aromatic nitrogens is 2. The third-order valence-corrected chi connectivity index (χ3v) is 8.38. The van der Waals surface area contributed by atoms with E-state index < -0.39 is 0 Å². The largest absolute Gasteiger partial charge is 0.396 e. The highest BCUT2D eigenvalue weighted by Gasteiger charge is 2.37. The second kappa shape index (κ2) is 11.1. The van der Waals surface area contributed by atoms with Gasteiger partial charge in [0.2, 0.25) is 0 Å². The van der Waals surface area contributed by atoms with Gasteiger partial charge in [0, 0.05) is 65.0 Å². The van der Waals surface area contributed by atoms with E-state index in [1.54, 1.807) is 18.2 Å². The summed E-state index contributed by atoms with van der Waals surface area (Å²) in [4.78, 5) is 37.4. The Hall–Kier alpha value is -2.17. The lowest BCUT2D eigenvalue weighted by Crippen LogP contribution is -2.48. The number of hydrogen-bond acceptors (Lipinski definition) is 6. The highest BCUT2D eigenvalue weighted by atomic mass is 35.5. The van der Waals surface area contributed by atoms with Gasteiger partial charge in [-0.25, -0.2) is 4.98 Å². The number of carbonyl (C=O) groups is 2. The molecule has 3 aromatic rings. The van der Waals surface area contributed by atoms with Gasteiger partial charge in [-0.2, -0.15) is 0 Å². The first-order chi connectivity index (χ1) is 16.8. The molecule has 2 amide bonds. The summed E-state index contributed by atoms with van der Waals surface area (Å²) in [5.41, 5.74) is 2.27. The minimum Gasteiger partial charge on any atom is -0.396 e. The van der Waals surface area contributed by atoms with E-state index in [0.717, 1.165) is 41.0 Å². The fraction of sp³-hybridized carbons (Fsp3) is 0.480. The Kier molecular flexibility index (Phi) is 8.26. The third kappa shape index (κ3) is 5.55. The Morgan fingerprint density at radius 2 is 1.94 bits per heavy atom. The summed E-state index contributed by atoms with van der Waals surface area (Å²) >= 11 is 7.52. The molecule has 0 bridgehead atoms. The Morgan fingerprint density at radius 3 is 2.64 bits per heavy atom. The monoisotopic (exact) mass is 551 g/mol. The maximum atomic E-state index is 13.1. The van der Waals surface area contributed by atoms with Gasteiger partial charge in [0.25, 0.3) is 11.8 Å². The van der Waals surface area contributed by atoms with Crippen LogP contribution in [0, 0.1) is 5.92 Å². The van der Waals surface area contributed by atoms with Gasteiger partial charge in [0.1, 0.15) is 5.69 Å². The van der Waals surface area contributed by atoms with Crippen molar-refractivity contribution in [1.29, 1.82) is 0 Å². The van der Waals surface area contributed by atoms with Crippen molar-refractivity contribution in [3.8, 4) is 0 Å². The smallest absolute Gasteiger partial charge is 0.280 e. The lowest BCUT2D eigenvalue weighted by Gasteiger charge is -2.29. The second-order valence-electron chi connectivity index (χ2n) is 9.80. The van der Waals surface area contributed by atoms with Crippen LogP contribution in [0.2, 0.25) is 5.02 Å². The quantitative estimate of drug-likeness (QED) is 0.372. The van der Waals surface area contributed by atoms with Crippen molar-refractivity contribution >= 4 is 58.1 Å². The van der Waals surface area contributed by atoms with E-state index in [4.69, 9.17) is 11.6 Å². The Balaban J connectivity index is 0.00000304. The molecule has 194 valence electrons. The van der Waals surface area contributed by atoms with Crippen LogP contribution in [0.3, 0.4) is 0 Å². The van der Waals surface area contributed by atoms with Crippen LogP contribution in [0.1, 0.15) is 57.6 Å². The first kappa shape index (κ1) is 26.9. The summed E-state index contributed by atoms with van der Waals surface area (Å²) in [5.74, 6) is -0.460. The molecule has 4 N–H and O–H groups in total. The van der Waals surface area contributed by atoms with Crippen molar-refractivity contribution in [3.63, 3.8) is 0 Å². The van der Waals surface area contributed by atoms with E-state index in [-0.39, 0.29) is 48.8 Å². The van der Waals surface area contributed by atoms with Crippen molar-refractivity contribution in [2.24, 2.45) is 5.92 Å². The first-order valence-electron chi connectivity index (χ1n) is 12.0. The van der Waals surface area contributed by atoms with Crippen LogP contribution in [0.4, 0.5) is 0 Å². The molecular formula is C25H31Cl2N5O3S. The summed E-state index contributed by atoms with van der Waals surface area (Å²) in [7, 11) is 0. The Morgan fingerprint density at radius 1 is 1.22 bits per heavy atom. The van der Waals surface area contributed by atoms with Gasteiger partial charge < -0.3 is 20.7 Å². The number of carbonyl (C=O) groups excluding carboxylic acids is 2.